The van der Waals surface area contributed by atoms with E-state index in [-0.39, 0.29) is 12.3 Å². The van der Waals surface area contributed by atoms with Gasteiger partial charge in [-0.1, -0.05) is 42.5 Å². The van der Waals surface area contributed by atoms with Crippen molar-refractivity contribution in [2.45, 2.75) is 18.4 Å². The molecule has 1 fully saturated rings. The number of carboxylic acids is 1. The maximum atomic E-state index is 13.3. The van der Waals surface area contributed by atoms with Gasteiger partial charge in [0.15, 0.2) is 0 Å². The minimum Gasteiger partial charge on any atom is -0.481 e. The largest absolute Gasteiger partial charge is 0.481 e. The monoisotopic (exact) mass is 434 g/mol. The molecule has 4 aromatic rings. The molecule has 1 amide bonds. The van der Waals surface area contributed by atoms with Gasteiger partial charge in [-0.05, 0) is 23.3 Å². The SMILES string of the molecule is Cn1c2ccccc2c2cc(C(=O)NC3(c4ccc(CC(=O)O)cc4)CCOC3)sc21. The standard InChI is InChI=1S/C24H22N2O4S/c1-26-19-5-3-2-4-17(19)18-13-20(31-23(18)26)22(29)25-24(10-11-30-14-24)16-8-6-15(7-9-16)12-21(27)28/h2-9,13H,10-12,14H2,1H3,(H,25,29)(H,27,28). The fraction of sp³-hybridized carbons (Fsp3) is 0.250. The Kier molecular flexibility index (Phi) is 4.79. The Bertz CT molecular complexity index is 1300. The lowest BCUT2D eigenvalue weighted by Gasteiger charge is -2.29. The normalized spacial score (nSPS) is 18.6. The lowest BCUT2D eigenvalue weighted by Crippen LogP contribution is -2.46. The van der Waals surface area contributed by atoms with Crippen molar-refractivity contribution in [1.29, 1.82) is 0 Å². The summed E-state index contributed by atoms with van der Waals surface area (Å²) in [6.45, 7) is 0.957. The molecule has 6 nitrogen and oxygen atoms in total. The maximum absolute atomic E-state index is 13.3. The van der Waals surface area contributed by atoms with Crippen LogP contribution in [-0.2, 0) is 28.5 Å². The summed E-state index contributed by atoms with van der Waals surface area (Å²) in [6.07, 6.45) is 0.650. The van der Waals surface area contributed by atoms with Crippen molar-refractivity contribution >= 4 is 44.3 Å². The smallest absolute Gasteiger partial charge is 0.307 e. The number of hydrogen-bond donors (Lipinski definition) is 2. The van der Waals surface area contributed by atoms with E-state index >= 15 is 0 Å². The minimum absolute atomic E-state index is 0.0219. The highest BCUT2D eigenvalue weighted by Gasteiger charge is 2.38. The molecule has 3 heterocycles. The summed E-state index contributed by atoms with van der Waals surface area (Å²) in [6, 6.07) is 17.6. The van der Waals surface area contributed by atoms with E-state index in [0.717, 1.165) is 32.2 Å². The zero-order valence-corrected chi connectivity index (χ0v) is 17.9. The second-order valence-electron chi connectivity index (χ2n) is 8.01. The predicted molar refractivity (Wildman–Crippen MR) is 121 cm³/mol. The average Bonchev–Trinajstić information content (AvgIpc) is 3.46. The van der Waals surface area contributed by atoms with Crippen molar-refractivity contribution in [3.63, 3.8) is 0 Å². The molecule has 7 heteroatoms. The van der Waals surface area contributed by atoms with Gasteiger partial charge in [0, 0.05) is 36.4 Å². The minimum atomic E-state index is -0.864. The molecule has 2 N–H and O–H groups in total. The molecule has 1 saturated heterocycles. The van der Waals surface area contributed by atoms with Gasteiger partial charge in [-0.25, -0.2) is 0 Å². The molecule has 0 spiro atoms. The number of aryl methyl sites for hydroxylation is 1. The highest BCUT2D eigenvalue weighted by Crippen LogP contribution is 2.36. The number of amides is 1. The molecule has 2 aromatic carbocycles. The third-order valence-corrected chi connectivity index (χ3v) is 7.24. The summed E-state index contributed by atoms with van der Waals surface area (Å²) < 4.78 is 7.78. The molecule has 2 aromatic heterocycles. The van der Waals surface area contributed by atoms with Crippen LogP contribution in [-0.4, -0.2) is 34.8 Å². The molecule has 1 unspecified atom stereocenters. The molecule has 31 heavy (non-hydrogen) atoms. The number of para-hydroxylation sites is 1. The number of carbonyl (C=O) groups is 2. The van der Waals surface area contributed by atoms with Gasteiger partial charge in [-0.2, -0.15) is 0 Å². The van der Waals surface area contributed by atoms with Crippen molar-refractivity contribution in [2.75, 3.05) is 13.2 Å². The van der Waals surface area contributed by atoms with Gasteiger partial charge in [0.2, 0.25) is 0 Å². The Morgan fingerprint density at radius 1 is 1.16 bits per heavy atom. The Labute approximate surface area is 183 Å². The van der Waals surface area contributed by atoms with Gasteiger partial charge < -0.3 is 19.7 Å². The first-order chi connectivity index (χ1) is 15.0. The van der Waals surface area contributed by atoms with Crippen LogP contribution in [0.1, 0.15) is 27.2 Å². The summed E-state index contributed by atoms with van der Waals surface area (Å²) in [7, 11) is 2.02. The second-order valence-corrected chi connectivity index (χ2v) is 9.04. The van der Waals surface area contributed by atoms with Gasteiger partial charge in [-0.15, -0.1) is 11.3 Å². The van der Waals surface area contributed by atoms with Crippen molar-refractivity contribution < 1.29 is 19.4 Å². The number of nitrogens with zero attached hydrogens (tertiary/aromatic N) is 1. The van der Waals surface area contributed by atoms with E-state index in [1.54, 1.807) is 12.1 Å². The van der Waals surface area contributed by atoms with E-state index in [4.69, 9.17) is 9.84 Å². The van der Waals surface area contributed by atoms with E-state index < -0.39 is 11.5 Å². The van der Waals surface area contributed by atoms with Crippen LogP contribution in [0, 0.1) is 0 Å². The highest BCUT2D eigenvalue weighted by molar-refractivity contribution is 7.20. The van der Waals surface area contributed by atoms with Gasteiger partial charge in [0.05, 0.1) is 23.4 Å². The molecule has 0 saturated carbocycles. The van der Waals surface area contributed by atoms with Crippen LogP contribution in [0.25, 0.3) is 21.1 Å². The first-order valence-corrected chi connectivity index (χ1v) is 11.0. The van der Waals surface area contributed by atoms with Gasteiger partial charge in [0.25, 0.3) is 5.91 Å². The molecular weight excluding hydrogens is 412 g/mol. The van der Waals surface area contributed by atoms with E-state index in [2.05, 4.69) is 22.0 Å². The predicted octanol–water partition coefficient (Wildman–Crippen LogP) is 4.07. The van der Waals surface area contributed by atoms with E-state index in [0.29, 0.717) is 24.5 Å². The van der Waals surface area contributed by atoms with Crippen molar-refractivity contribution in [3.8, 4) is 0 Å². The Morgan fingerprint density at radius 3 is 2.65 bits per heavy atom. The summed E-state index contributed by atoms with van der Waals surface area (Å²) in [4.78, 5) is 26.0. The van der Waals surface area contributed by atoms with Gasteiger partial charge >= 0.3 is 5.97 Å². The quantitative estimate of drug-likeness (QED) is 0.496. The second kappa shape index (κ2) is 7.51. The summed E-state index contributed by atoms with van der Waals surface area (Å²) in [5, 5.41) is 14.4. The van der Waals surface area contributed by atoms with Crippen LogP contribution < -0.4 is 5.32 Å². The first-order valence-electron chi connectivity index (χ1n) is 10.2. The molecular formula is C24H22N2O4S. The lowest BCUT2D eigenvalue weighted by atomic mass is 9.88. The van der Waals surface area contributed by atoms with Crippen LogP contribution in [0.15, 0.2) is 54.6 Å². The Balaban J connectivity index is 1.46. The topological polar surface area (TPSA) is 80.6 Å². The van der Waals surface area contributed by atoms with Crippen LogP contribution in [0.3, 0.4) is 0 Å². The Morgan fingerprint density at radius 2 is 1.94 bits per heavy atom. The number of carbonyl (C=O) groups excluding carboxylic acids is 1. The molecule has 1 aliphatic heterocycles. The fourth-order valence-corrected chi connectivity index (χ4v) is 5.44. The summed E-state index contributed by atoms with van der Waals surface area (Å²) in [5.74, 6) is -0.984. The molecule has 0 bridgehead atoms. The van der Waals surface area contributed by atoms with Crippen LogP contribution in [0.4, 0.5) is 0 Å². The van der Waals surface area contributed by atoms with E-state index in [1.807, 2.05) is 37.4 Å². The number of fused-ring (bicyclic) bond motifs is 3. The number of benzene rings is 2. The fourth-order valence-electron chi connectivity index (χ4n) is 4.40. The lowest BCUT2D eigenvalue weighted by molar-refractivity contribution is -0.136. The maximum Gasteiger partial charge on any atom is 0.307 e. The number of hydrogen-bond acceptors (Lipinski definition) is 4. The van der Waals surface area contributed by atoms with Crippen molar-refractivity contribution in [2.24, 2.45) is 7.05 Å². The number of nitrogens with one attached hydrogen (secondary N) is 1. The number of ether oxygens (including phenoxy) is 1. The number of rotatable bonds is 5. The average molecular weight is 435 g/mol. The third kappa shape index (κ3) is 3.40. The first kappa shape index (κ1) is 19.8. The van der Waals surface area contributed by atoms with E-state index in [1.165, 1.54) is 11.3 Å². The van der Waals surface area contributed by atoms with Crippen LogP contribution >= 0.6 is 11.3 Å². The Hall–Kier alpha value is -3.16. The van der Waals surface area contributed by atoms with Gasteiger partial charge in [-0.3, -0.25) is 9.59 Å². The van der Waals surface area contributed by atoms with Crippen molar-refractivity contribution in [1.82, 2.24) is 9.88 Å². The molecule has 5 rings (SSSR count). The molecule has 0 aliphatic carbocycles. The van der Waals surface area contributed by atoms with Crippen LogP contribution in [0.2, 0.25) is 0 Å². The summed E-state index contributed by atoms with van der Waals surface area (Å²) >= 11 is 1.49. The molecule has 1 aliphatic rings. The number of thiophene rings is 1. The summed E-state index contributed by atoms with van der Waals surface area (Å²) in [5.41, 5.74) is 2.20. The van der Waals surface area contributed by atoms with Crippen molar-refractivity contribution in [3.05, 3.63) is 70.6 Å². The van der Waals surface area contributed by atoms with Crippen LogP contribution in [0.5, 0.6) is 0 Å². The zero-order valence-electron chi connectivity index (χ0n) is 17.1. The third-order valence-electron chi connectivity index (χ3n) is 6.03. The number of carboxylic acid groups (broad SMARTS) is 1. The number of aliphatic carboxylic acids is 1. The highest BCUT2D eigenvalue weighted by atomic mass is 32.1. The van der Waals surface area contributed by atoms with E-state index in [9.17, 15) is 9.59 Å². The zero-order chi connectivity index (χ0) is 21.6. The number of aromatic nitrogens is 1. The molecule has 0 radical (unpaired) electrons. The van der Waals surface area contributed by atoms with Gasteiger partial charge in [0.1, 0.15) is 4.83 Å². The molecule has 158 valence electrons. The molecule has 1 atom stereocenters.